The van der Waals surface area contributed by atoms with Crippen molar-refractivity contribution in [3.63, 3.8) is 0 Å². The minimum Gasteiger partial charge on any atom is -0.545 e. The average molecular weight is 294 g/mol. The highest BCUT2D eigenvalue weighted by Crippen LogP contribution is 2.19. The number of sulfonamides is 1. The summed E-state index contributed by atoms with van der Waals surface area (Å²) in [7, 11) is -3.99. The van der Waals surface area contributed by atoms with Crippen molar-refractivity contribution in [1.29, 1.82) is 0 Å². The van der Waals surface area contributed by atoms with E-state index in [-0.39, 0.29) is 16.1 Å². The van der Waals surface area contributed by atoms with Gasteiger partial charge in [-0.2, -0.15) is 0 Å². The van der Waals surface area contributed by atoms with Crippen molar-refractivity contribution in [2.45, 2.75) is 4.90 Å². The molecule has 0 aromatic heterocycles. The predicted octanol–water partition coefficient (Wildman–Crippen LogP) is 0.990. The van der Waals surface area contributed by atoms with Crippen LogP contribution in [0.2, 0.25) is 0 Å². The second kappa shape index (κ2) is 5.30. The summed E-state index contributed by atoms with van der Waals surface area (Å²) in [5, 5.41) is 10.9. The van der Waals surface area contributed by atoms with Crippen LogP contribution in [0.3, 0.4) is 0 Å². The van der Waals surface area contributed by atoms with Gasteiger partial charge >= 0.3 is 0 Å². The van der Waals surface area contributed by atoms with E-state index >= 15 is 0 Å². The molecular formula is C13H9FNO4S-. The number of rotatable bonds is 4. The Morgan fingerprint density at radius 2 is 1.65 bits per heavy atom. The maximum absolute atomic E-state index is 12.8. The summed E-state index contributed by atoms with van der Waals surface area (Å²) in [4.78, 5) is 10.7. The second-order valence-electron chi connectivity index (χ2n) is 3.89. The molecular weight excluding hydrogens is 285 g/mol. The number of halogens is 1. The number of anilines is 1. The maximum atomic E-state index is 12.8. The molecule has 0 spiro atoms. The molecule has 0 atom stereocenters. The van der Waals surface area contributed by atoms with E-state index in [2.05, 4.69) is 4.72 Å². The Labute approximate surface area is 114 Å². The number of benzene rings is 2. The molecule has 104 valence electrons. The van der Waals surface area contributed by atoms with Gasteiger partial charge < -0.3 is 9.90 Å². The van der Waals surface area contributed by atoms with Crippen molar-refractivity contribution >= 4 is 21.7 Å². The highest BCUT2D eigenvalue weighted by molar-refractivity contribution is 7.92. The Hall–Kier alpha value is -2.41. The lowest BCUT2D eigenvalue weighted by Crippen LogP contribution is -2.24. The van der Waals surface area contributed by atoms with Gasteiger partial charge in [-0.25, -0.2) is 12.8 Å². The second-order valence-corrected chi connectivity index (χ2v) is 5.57. The molecule has 0 aliphatic carbocycles. The summed E-state index contributed by atoms with van der Waals surface area (Å²) in [5.41, 5.74) is -0.394. The molecule has 0 saturated carbocycles. The highest BCUT2D eigenvalue weighted by atomic mass is 32.2. The lowest BCUT2D eigenvalue weighted by molar-refractivity contribution is -0.254. The van der Waals surface area contributed by atoms with Crippen molar-refractivity contribution in [3.05, 3.63) is 59.9 Å². The van der Waals surface area contributed by atoms with Gasteiger partial charge in [-0.15, -0.1) is 0 Å². The molecule has 0 unspecified atom stereocenters. The summed E-state index contributed by atoms with van der Waals surface area (Å²) in [6.07, 6.45) is 0. The molecule has 20 heavy (non-hydrogen) atoms. The topological polar surface area (TPSA) is 86.3 Å². The number of carboxylic acids is 1. The number of carboxylic acid groups (broad SMARTS) is 1. The van der Waals surface area contributed by atoms with Crippen molar-refractivity contribution in [3.8, 4) is 0 Å². The third-order valence-electron chi connectivity index (χ3n) is 2.52. The van der Waals surface area contributed by atoms with Gasteiger partial charge in [-0.05, 0) is 30.3 Å². The van der Waals surface area contributed by atoms with Crippen LogP contribution in [0, 0.1) is 5.82 Å². The van der Waals surface area contributed by atoms with Gasteiger partial charge in [0.15, 0.2) is 0 Å². The van der Waals surface area contributed by atoms with Gasteiger partial charge in [0, 0.05) is 5.56 Å². The number of carbonyl (C=O) groups is 1. The first-order valence-electron chi connectivity index (χ1n) is 5.49. The molecule has 0 amide bonds. The SMILES string of the molecule is O=C([O-])c1ccccc1NS(=O)(=O)c1ccc(F)cc1. The summed E-state index contributed by atoms with van der Waals surface area (Å²) in [6.45, 7) is 0. The molecule has 7 heteroatoms. The van der Waals surface area contributed by atoms with Gasteiger partial charge in [0.05, 0.1) is 16.6 Å². The molecule has 2 rings (SSSR count). The average Bonchev–Trinajstić information content (AvgIpc) is 2.39. The lowest BCUT2D eigenvalue weighted by Gasteiger charge is -2.13. The van der Waals surface area contributed by atoms with E-state index in [1.807, 2.05) is 0 Å². The van der Waals surface area contributed by atoms with Crippen LogP contribution in [0.5, 0.6) is 0 Å². The minimum absolute atomic E-state index is 0.114. The Morgan fingerprint density at radius 1 is 1.05 bits per heavy atom. The standard InChI is InChI=1S/C13H10FNO4S/c14-9-5-7-10(8-6-9)20(18,19)15-12-4-2-1-3-11(12)13(16)17/h1-8,15H,(H,16,17)/p-1. The summed E-state index contributed by atoms with van der Waals surface area (Å²) >= 11 is 0. The third-order valence-corrected chi connectivity index (χ3v) is 3.90. The lowest BCUT2D eigenvalue weighted by atomic mass is 10.2. The van der Waals surface area contributed by atoms with Crippen LogP contribution < -0.4 is 9.83 Å². The number of para-hydroxylation sites is 1. The first-order chi connectivity index (χ1) is 9.40. The number of hydrogen-bond acceptors (Lipinski definition) is 4. The fourth-order valence-corrected chi connectivity index (χ4v) is 2.65. The first-order valence-corrected chi connectivity index (χ1v) is 6.97. The van der Waals surface area contributed by atoms with Crippen LogP contribution in [-0.4, -0.2) is 14.4 Å². The van der Waals surface area contributed by atoms with E-state index in [1.54, 1.807) is 0 Å². The molecule has 0 radical (unpaired) electrons. The molecule has 5 nitrogen and oxygen atoms in total. The van der Waals surface area contributed by atoms with Crippen LogP contribution in [0.1, 0.15) is 10.4 Å². The highest BCUT2D eigenvalue weighted by Gasteiger charge is 2.16. The zero-order valence-corrected chi connectivity index (χ0v) is 10.9. The Bertz CT molecular complexity index is 741. The zero-order chi connectivity index (χ0) is 14.8. The zero-order valence-electron chi connectivity index (χ0n) is 10.0. The molecule has 0 saturated heterocycles. The largest absolute Gasteiger partial charge is 0.545 e. The molecule has 1 N–H and O–H groups in total. The van der Waals surface area contributed by atoms with Gasteiger partial charge in [0.2, 0.25) is 0 Å². The molecule has 0 heterocycles. The first kappa shape index (κ1) is 14.0. The van der Waals surface area contributed by atoms with Crippen LogP contribution in [0.25, 0.3) is 0 Å². The van der Waals surface area contributed by atoms with E-state index in [4.69, 9.17) is 0 Å². The van der Waals surface area contributed by atoms with Crippen molar-refractivity contribution < 1.29 is 22.7 Å². The molecule has 0 aliphatic rings. The van der Waals surface area contributed by atoms with Gasteiger partial charge in [0.25, 0.3) is 10.0 Å². The molecule has 2 aromatic rings. The smallest absolute Gasteiger partial charge is 0.261 e. The van der Waals surface area contributed by atoms with Crippen LogP contribution in [0.4, 0.5) is 10.1 Å². The van der Waals surface area contributed by atoms with Gasteiger partial charge in [0.1, 0.15) is 5.82 Å². The maximum Gasteiger partial charge on any atom is 0.261 e. The van der Waals surface area contributed by atoms with E-state index in [0.717, 1.165) is 24.3 Å². The molecule has 0 aliphatic heterocycles. The Kier molecular flexibility index (Phi) is 3.71. The van der Waals surface area contributed by atoms with Gasteiger partial charge in [-0.1, -0.05) is 18.2 Å². The third kappa shape index (κ3) is 2.94. The summed E-state index contributed by atoms with van der Waals surface area (Å²) < 4.78 is 39.0. The van der Waals surface area contributed by atoms with Gasteiger partial charge in [-0.3, -0.25) is 4.72 Å². The van der Waals surface area contributed by atoms with E-state index < -0.39 is 21.8 Å². The monoisotopic (exact) mass is 294 g/mol. The van der Waals surface area contributed by atoms with Crippen LogP contribution >= 0.6 is 0 Å². The molecule has 0 fully saturated rings. The van der Waals surface area contributed by atoms with Crippen molar-refractivity contribution in [2.24, 2.45) is 0 Å². The minimum atomic E-state index is -3.99. The fourth-order valence-electron chi connectivity index (χ4n) is 1.57. The Balaban J connectivity index is 2.38. The number of hydrogen-bond donors (Lipinski definition) is 1. The molecule has 0 bridgehead atoms. The number of nitrogens with one attached hydrogen (secondary N) is 1. The normalized spacial score (nSPS) is 11.1. The van der Waals surface area contributed by atoms with Crippen LogP contribution in [-0.2, 0) is 10.0 Å². The van der Waals surface area contributed by atoms with Crippen molar-refractivity contribution in [2.75, 3.05) is 4.72 Å². The number of carbonyl (C=O) groups excluding carboxylic acids is 1. The fraction of sp³-hybridized carbons (Fsp3) is 0. The summed E-state index contributed by atoms with van der Waals surface area (Å²) in [5.74, 6) is -2.07. The predicted molar refractivity (Wildman–Crippen MR) is 68.0 cm³/mol. The number of aromatic carboxylic acids is 1. The van der Waals surface area contributed by atoms with Crippen molar-refractivity contribution in [1.82, 2.24) is 0 Å². The quantitative estimate of drug-likeness (QED) is 0.911. The Morgan fingerprint density at radius 3 is 2.25 bits per heavy atom. The summed E-state index contributed by atoms with van der Waals surface area (Å²) in [6, 6.07) is 9.61. The van der Waals surface area contributed by atoms with Crippen LogP contribution in [0.15, 0.2) is 53.4 Å². The van der Waals surface area contributed by atoms with E-state index in [0.29, 0.717) is 0 Å². The van der Waals surface area contributed by atoms with E-state index in [1.165, 1.54) is 24.3 Å². The molecule has 2 aromatic carbocycles. The van der Waals surface area contributed by atoms with E-state index in [9.17, 15) is 22.7 Å².